The standard InChI is InChI=1S/C59H40N2/c1-5-19-41(20-6-1)49-29-15-17-31-54(49)59(44-23-7-2-8-24-44)55-38-43-22-14-13-21-42(43)37-53(55)50-35-33-47(39-56(50)59)60(45-25-9-3-10-26-45)48-34-36-52-51-30-16-18-32-57(51)61(58(52)40-48)46-27-11-4-12-28-46/h1-40H. The molecule has 0 N–H and O–H groups in total. The van der Waals surface area contributed by atoms with Crippen LogP contribution in [0.1, 0.15) is 22.3 Å². The van der Waals surface area contributed by atoms with E-state index in [1.807, 2.05) is 0 Å². The summed E-state index contributed by atoms with van der Waals surface area (Å²) >= 11 is 0. The molecule has 1 aromatic heterocycles. The Bertz CT molecular complexity index is 3410. The lowest BCUT2D eigenvalue weighted by Crippen LogP contribution is -2.29. The minimum Gasteiger partial charge on any atom is -0.310 e. The van der Waals surface area contributed by atoms with E-state index in [0.29, 0.717) is 0 Å². The van der Waals surface area contributed by atoms with Gasteiger partial charge in [-0.25, -0.2) is 0 Å². The Morgan fingerprint density at radius 1 is 0.328 bits per heavy atom. The molecular weight excluding hydrogens is 737 g/mol. The van der Waals surface area contributed by atoms with Crippen LogP contribution in [0.5, 0.6) is 0 Å². The van der Waals surface area contributed by atoms with E-state index in [1.54, 1.807) is 0 Å². The normalized spacial score (nSPS) is 14.3. The van der Waals surface area contributed by atoms with Crippen molar-refractivity contribution in [1.82, 2.24) is 4.57 Å². The summed E-state index contributed by atoms with van der Waals surface area (Å²) < 4.78 is 2.41. The maximum atomic E-state index is 2.48. The summed E-state index contributed by atoms with van der Waals surface area (Å²) in [6.45, 7) is 0. The van der Waals surface area contributed by atoms with Crippen LogP contribution in [0.15, 0.2) is 243 Å². The van der Waals surface area contributed by atoms with Crippen LogP contribution >= 0.6 is 0 Å². The number of fused-ring (bicyclic) bond motifs is 7. The smallest absolute Gasteiger partial charge is 0.0720 e. The third-order valence-electron chi connectivity index (χ3n) is 12.8. The van der Waals surface area contributed by atoms with Gasteiger partial charge in [-0.2, -0.15) is 0 Å². The van der Waals surface area contributed by atoms with Crippen molar-refractivity contribution in [2.75, 3.05) is 4.90 Å². The Morgan fingerprint density at radius 3 is 1.69 bits per heavy atom. The second kappa shape index (κ2) is 14.1. The van der Waals surface area contributed by atoms with Crippen LogP contribution in [0.25, 0.3) is 60.5 Å². The van der Waals surface area contributed by atoms with Gasteiger partial charge in [-0.15, -0.1) is 0 Å². The zero-order valence-corrected chi connectivity index (χ0v) is 33.5. The van der Waals surface area contributed by atoms with Crippen LogP contribution in [-0.4, -0.2) is 4.57 Å². The van der Waals surface area contributed by atoms with E-state index in [1.165, 1.54) is 77.1 Å². The van der Waals surface area contributed by atoms with E-state index in [0.717, 1.165) is 22.7 Å². The quantitative estimate of drug-likeness (QED) is 0.156. The van der Waals surface area contributed by atoms with Crippen LogP contribution in [0.4, 0.5) is 17.1 Å². The lowest BCUT2D eigenvalue weighted by atomic mass is 9.65. The maximum absolute atomic E-state index is 2.48. The fraction of sp³-hybridized carbons (Fsp3) is 0.0169. The highest BCUT2D eigenvalue weighted by atomic mass is 15.1. The van der Waals surface area contributed by atoms with E-state index < -0.39 is 5.41 Å². The molecule has 0 radical (unpaired) electrons. The average Bonchev–Trinajstić information content (AvgIpc) is 3.81. The summed E-state index contributed by atoms with van der Waals surface area (Å²) in [6, 6.07) is 89.3. The van der Waals surface area contributed by atoms with E-state index in [4.69, 9.17) is 0 Å². The van der Waals surface area contributed by atoms with Crippen molar-refractivity contribution in [3.8, 4) is 27.9 Å². The maximum Gasteiger partial charge on any atom is 0.0720 e. The zero-order chi connectivity index (χ0) is 40.3. The van der Waals surface area contributed by atoms with E-state index in [9.17, 15) is 0 Å². The Balaban J connectivity index is 1.16. The number of hydrogen-bond donors (Lipinski definition) is 0. The van der Waals surface area contributed by atoms with Crippen LogP contribution in [0.3, 0.4) is 0 Å². The summed E-state index contributed by atoms with van der Waals surface area (Å²) in [5.74, 6) is 0. The number of benzene rings is 10. The van der Waals surface area contributed by atoms with Crippen molar-refractivity contribution >= 4 is 49.6 Å². The molecule has 0 bridgehead atoms. The highest BCUT2D eigenvalue weighted by molar-refractivity contribution is 6.10. The molecule has 2 nitrogen and oxygen atoms in total. The van der Waals surface area contributed by atoms with Gasteiger partial charge in [0.25, 0.3) is 0 Å². The molecule has 0 saturated carbocycles. The minimum absolute atomic E-state index is 0.634. The Hall–Kier alpha value is -7.94. The van der Waals surface area contributed by atoms with Crippen LogP contribution < -0.4 is 4.90 Å². The topological polar surface area (TPSA) is 8.17 Å². The molecule has 0 amide bonds. The minimum atomic E-state index is -0.634. The first kappa shape index (κ1) is 35.0. The molecular formula is C59H40N2. The molecule has 12 rings (SSSR count). The molecule has 0 aliphatic heterocycles. The van der Waals surface area contributed by atoms with E-state index in [2.05, 4.69) is 252 Å². The highest BCUT2D eigenvalue weighted by Crippen LogP contribution is 2.59. The van der Waals surface area contributed by atoms with Crippen molar-refractivity contribution in [2.45, 2.75) is 5.41 Å². The Morgan fingerprint density at radius 2 is 0.902 bits per heavy atom. The lowest BCUT2D eigenvalue weighted by Gasteiger charge is -2.36. The van der Waals surface area contributed by atoms with Crippen molar-refractivity contribution in [1.29, 1.82) is 0 Å². The summed E-state index contributed by atoms with van der Waals surface area (Å²) in [4.78, 5) is 2.44. The molecule has 0 spiro atoms. The molecule has 61 heavy (non-hydrogen) atoms. The summed E-state index contributed by atoms with van der Waals surface area (Å²) in [6.07, 6.45) is 0. The summed E-state index contributed by atoms with van der Waals surface area (Å²) in [5, 5.41) is 4.95. The molecule has 0 fully saturated rings. The van der Waals surface area contributed by atoms with Gasteiger partial charge in [0.15, 0.2) is 0 Å². The highest BCUT2D eigenvalue weighted by Gasteiger charge is 2.48. The van der Waals surface area contributed by atoms with Crippen molar-refractivity contribution < 1.29 is 0 Å². The fourth-order valence-corrected chi connectivity index (χ4v) is 10.2. The predicted octanol–water partition coefficient (Wildman–Crippen LogP) is 15.4. The van der Waals surface area contributed by atoms with Crippen molar-refractivity contribution in [3.05, 3.63) is 265 Å². The van der Waals surface area contributed by atoms with Gasteiger partial charge in [-0.05, 0) is 122 Å². The third kappa shape index (κ3) is 5.43. The predicted molar refractivity (Wildman–Crippen MR) is 256 cm³/mol. The van der Waals surface area contributed by atoms with Crippen molar-refractivity contribution in [3.63, 3.8) is 0 Å². The number of hydrogen-bond acceptors (Lipinski definition) is 1. The first-order valence-electron chi connectivity index (χ1n) is 21.1. The second-order valence-corrected chi connectivity index (χ2v) is 16.1. The number of aromatic nitrogens is 1. The van der Waals surface area contributed by atoms with E-state index >= 15 is 0 Å². The SMILES string of the molecule is c1ccc(-c2ccccc2C2(c3ccccc3)c3cc(N(c4ccccc4)c4ccc5c6ccccc6n(-c6ccccc6)c5c4)ccc3-c3cc4ccccc4cc32)cc1. The molecule has 1 atom stereocenters. The number of rotatable bonds is 7. The first-order valence-corrected chi connectivity index (χ1v) is 21.1. The lowest BCUT2D eigenvalue weighted by molar-refractivity contribution is 0.771. The van der Waals surface area contributed by atoms with Gasteiger partial charge in [0, 0.05) is 33.5 Å². The largest absolute Gasteiger partial charge is 0.310 e. The molecule has 1 aliphatic rings. The Labute approximate surface area is 355 Å². The molecule has 2 heteroatoms. The zero-order valence-electron chi connectivity index (χ0n) is 33.5. The van der Waals surface area contributed by atoms with Gasteiger partial charge in [-0.1, -0.05) is 176 Å². The van der Waals surface area contributed by atoms with Gasteiger partial charge < -0.3 is 9.47 Å². The van der Waals surface area contributed by atoms with Gasteiger partial charge in [0.2, 0.25) is 0 Å². The molecule has 286 valence electrons. The van der Waals surface area contributed by atoms with E-state index in [-0.39, 0.29) is 0 Å². The molecule has 1 aliphatic carbocycles. The first-order chi connectivity index (χ1) is 30.3. The average molecular weight is 777 g/mol. The molecule has 1 unspecified atom stereocenters. The van der Waals surface area contributed by atoms with Gasteiger partial charge in [0.05, 0.1) is 16.4 Å². The van der Waals surface area contributed by atoms with Crippen molar-refractivity contribution in [2.24, 2.45) is 0 Å². The Kier molecular flexibility index (Phi) is 8.11. The van der Waals surface area contributed by atoms with Crippen LogP contribution in [-0.2, 0) is 5.41 Å². The summed E-state index contributed by atoms with van der Waals surface area (Å²) in [5.41, 5.74) is 16.2. The number of nitrogens with zero attached hydrogens (tertiary/aromatic N) is 2. The molecule has 0 saturated heterocycles. The molecule has 11 aromatic rings. The van der Waals surface area contributed by atoms with Crippen LogP contribution in [0.2, 0.25) is 0 Å². The number of anilines is 3. The second-order valence-electron chi connectivity index (χ2n) is 16.1. The van der Waals surface area contributed by atoms with Gasteiger partial charge in [-0.3, -0.25) is 0 Å². The summed E-state index contributed by atoms with van der Waals surface area (Å²) in [7, 11) is 0. The number of para-hydroxylation sites is 3. The molecule has 1 heterocycles. The third-order valence-corrected chi connectivity index (χ3v) is 12.8. The van der Waals surface area contributed by atoms with Gasteiger partial charge >= 0.3 is 0 Å². The fourth-order valence-electron chi connectivity index (χ4n) is 10.2. The van der Waals surface area contributed by atoms with Crippen LogP contribution in [0, 0.1) is 0 Å². The van der Waals surface area contributed by atoms with Gasteiger partial charge in [0.1, 0.15) is 0 Å². The molecule has 10 aromatic carbocycles. The monoisotopic (exact) mass is 776 g/mol.